The van der Waals surface area contributed by atoms with Crippen molar-refractivity contribution in [3.05, 3.63) is 59.8 Å². The molecule has 1 aromatic carbocycles. The summed E-state index contributed by atoms with van der Waals surface area (Å²) < 4.78 is 18.7. The van der Waals surface area contributed by atoms with Crippen molar-refractivity contribution in [1.29, 1.82) is 0 Å². The predicted octanol–water partition coefficient (Wildman–Crippen LogP) is 2.93. The number of amides is 2. The fourth-order valence-corrected chi connectivity index (χ4v) is 3.20. The van der Waals surface area contributed by atoms with Crippen molar-refractivity contribution in [3.63, 3.8) is 0 Å². The topological polar surface area (TPSA) is 53.8 Å². The Labute approximate surface area is 146 Å². The van der Waals surface area contributed by atoms with Crippen molar-refractivity contribution >= 4 is 11.8 Å². The SMILES string of the molecule is CN(Cc1ccccc1F)C(=O)C1CCCN(C(=O)c2ccoc2)C1. The number of hydrogen-bond acceptors (Lipinski definition) is 3. The third-order valence-electron chi connectivity index (χ3n) is 4.57. The molecule has 1 saturated heterocycles. The Balaban J connectivity index is 1.63. The standard InChI is InChI=1S/C19H21FN2O3/c1-21(11-14-5-2-3-7-17(14)20)18(23)15-6-4-9-22(12-15)19(24)16-8-10-25-13-16/h2-3,5,7-8,10,13,15H,4,6,9,11-12H2,1H3. The Kier molecular flexibility index (Phi) is 5.16. The first kappa shape index (κ1) is 17.2. The summed E-state index contributed by atoms with van der Waals surface area (Å²) in [5, 5.41) is 0. The highest BCUT2D eigenvalue weighted by Gasteiger charge is 2.31. The normalized spacial score (nSPS) is 17.4. The molecule has 0 aliphatic carbocycles. The molecule has 25 heavy (non-hydrogen) atoms. The van der Waals surface area contributed by atoms with Crippen LogP contribution in [0.15, 0.2) is 47.3 Å². The van der Waals surface area contributed by atoms with Crippen molar-refractivity contribution in [2.24, 2.45) is 5.92 Å². The first-order valence-corrected chi connectivity index (χ1v) is 8.36. The minimum absolute atomic E-state index is 0.0621. The molecular weight excluding hydrogens is 323 g/mol. The second kappa shape index (κ2) is 7.51. The van der Waals surface area contributed by atoms with Gasteiger partial charge in [0.15, 0.2) is 0 Å². The van der Waals surface area contributed by atoms with Crippen molar-refractivity contribution in [2.45, 2.75) is 19.4 Å². The molecule has 2 aromatic rings. The Bertz CT molecular complexity index is 745. The monoisotopic (exact) mass is 344 g/mol. The van der Waals surface area contributed by atoms with Crippen molar-refractivity contribution in [1.82, 2.24) is 9.80 Å². The van der Waals surface area contributed by atoms with Crippen LogP contribution in [-0.4, -0.2) is 41.8 Å². The molecule has 2 amide bonds. The van der Waals surface area contributed by atoms with Gasteiger partial charge in [-0.15, -0.1) is 0 Å². The number of benzene rings is 1. The average molecular weight is 344 g/mol. The maximum absolute atomic E-state index is 13.8. The molecule has 0 saturated carbocycles. The first-order valence-electron chi connectivity index (χ1n) is 8.36. The predicted molar refractivity (Wildman–Crippen MR) is 90.2 cm³/mol. The third-order valence-corrected chi connectivity index (χ3v) is 4.57. The van der Waals surface area contributed by atoms with E-state index < -0.39 is 0 Å². The molecule has 1 fully saturated rings. The van der Waals surface area contributed by atoms with Gasteiger partial charge in [0.2, 0.25) is 5.91 Å². The van der Waals surface area contributed by atoms with E-state index in [1.54, 1.807) is 36.2 Å². The Hall–Kier alpha value is -2.63. The highest BCUT2D eigenvalue weighted by atomic mass is 19.1. The van der Waals surface area contributed by atoms with Crippen LogP contribution in [0.1, 0.15) is 28.8 Å². The summed E-state index contributed by atoms with van der Waals surface area (Å²) in [7, 11) is 1.67. The Morgan fingerprint density at radius 1 is 1.32 bits per heavy atom. The number of furan rings is 1. The molecule has 0 spiro atoms. The molecular formula is C19H21FN2O3. The molecule has 5 nitrogen and oxygen atoms in total. The van der Waals surface area contributed by atoms with Crippen LogP contribution in [0.3, 0.4) is 0 Å². The molecule has 0 N–H and O–H groups in total. The van der Waals surface area contributed by atoms with Crippen molar-refractivity contribution in [3.8, 4) is 0 Å². The molecule has 1 aliphatic heterocycles. The van der Waals surface area contributed by atoms with Crippen LogP contribution >= 0.6 is 0 Å². The van der Waals surface area contributed by atoms with Crippen LogP contribution in [0.5, 0.6) is 0 Å². The van der Waals surface area contributed by atoms with Gasteiger partial charge < -0.3 is 14.2 Å². The van der Waals surface area contributed by atoms with Gasteiger partial charge in [-0.3, -0.25) is 9.59 Å². The lowest BCUT2D eigenvalue weighted by Crippen LogP contribution is -2.45. The second-order valence-electron chi connectivity index (χ2n) is 6.39. The number of carbonyl (C=O) groups excluding carboxylic acids is 2. The zero-order valence-corrected chi connectivity index (χ0v) is 14.2. The maximum atomic E-state index is 13.8. The number of rotatable bonds is 4. The lowest BCUT2D eigenvalue weighted by atomic mass is 9.96. The van der Waals surface area contributed by atoms with Crippen LogP contribution in [0.2, 0.25) is 0 Å². The Morgan fingerprint density at radius 2 is 2.12 bits per heavy atom. The molecule has 6 heteroatoms. The number of carbonyl (C=O) groups is 2. The summed E-state index contributed by atoms with van der Waals surface area (Å²) in [4.78, 5) is 28.4. The first-order chi connectivity index (χ1) is 12.1. The van der Waals surface area contributed by atoms with Gasteiger partial charge >= 0.3 is 0 Å². The Morgan fingerprint density at radius 3 is 2.84 bits per heavy atom. The number of piperidine rings is 1. The van der Waals surface area contributed by atoms with Gasteiger partial charge in [-0.05, 0) is 25.0 Å². The van der Waals surface area contributed by atoms with E-state index >= 15 is 0 Å². The summed E-state index contributed by atoms with van der Waals surface area (Å²) in [5.41, 5.74) is 0.980. The van der Waals surface area contributed by atoms with Gasteiger partial charge in [-0.1, -0.05) is 18.2 Å². The summed E-state index contributed by atoms with van der Waals surface area (Å²) in [6.45, 7) is 1.23. The average Bonchev–Trinajstić information content (AvgIpc) is 3.17. The van der Waals surface area contributed by atoms with E-state index in [2.05, 4.69) is 0 Å². The molecule has 0 bridgehead atoms. The summed E-state index contributed by atoms with van der Waals surface area (Å²) in [6, 6.07) is 8.07. The van der Waals surface area contributed by atoms with E-state index in [0.29, 0.717) is 24.2 Å². The molecule has 1 aromatic heterocycles. The van der Waals surface area contributed by atoms with Gasteiger partial charge in [-0.25, -0.2) is 4.39 Å². The molecule has 1 atom stereocenters. The van der Waals surface area contributed by atoms with E-state index in [1.807, 2.05) is 0 Å². The summed E-state index contributed by atoms with van der Waals surface area (Å²) >= 11 is 0. The van der Waals surface area contributed by atoms with Crippen LogP contribution in [0.25, 0.3) is 0 Å². The largest absolute Gasteiger partial charge is 0.472 e. The van der Waals surface area contributed by atoms with Crippen molar-refractivity contribution < 1.29 is 18.4 Å². The van der Waals surface area contributed by atoms with Crippen molar-refractivity contribution in [2.75, 3.05) is 20.1 Å². The smallest absolute Gasteiger partial charge is 0.257 e. The molecule has 2 heterocycles. The van der Waals surface area contributed by atoms with Crippen LogP contribution in [0, 0.1) is 11.7 Å². The third kappa shape index (κ3) is 3.90. The highest BCUT2D eigenvalue weighted by molar-refractivity contribution is 5.94. The zero-order valence-electron chi connectivity index (χ0n) is 14.2. The van der Waals surface area contributed by atoms with E-state index in [-0.39, 0.29) is 30.1 Å². The van der Waals surface area contributed by atoms with Crippen LogP contribution in [0.4, 0.5) is 4.39 Å². The minimum Gasteiger partial charge on any atom is -0.472 e. The second-order valence-corrected chi connectivity index (χ2v) is 6.39. The summed E-state index contributed by atoms with van der Waals surface area (Å²) in [5.74, 6) is -0.764. The van der Waals surface area contributed by atoms with E-state index in [4.69, 9.17) is 4.42 Å². The lowest BCUT2D eigenvalue weighted by Gasteiger charge is -2.33. The van der Waals surface area contributed by atoms with Gasteiger partial charge in [0.05, 0.1) is 17.7 Å². The number of hydrogen-bond donors (Lipinski definition) is 0. The maximum Gasteiger partial charge on any atom is 0.257 e. The van der Waals surface area contributed by atoms with Gasteiger partial charge in [0.25, 0.3) is 5.91 Å². The number of halogens is 1. The highest BCUT2D eigenvalue weighted by Crippen LogP contribution is 2.21. The molecule has 3 rings (SSSR count). The summed E-state index contributed by atoms with van der Waals surface area (Å²) in [6.07, 6.45) is 4.38. The fraction of sp³-hybridized carbons (Fsp3) is 0.368. The molecule has 132 valence electrons. The van der Waals surface area contributed by atoms with Gasteiger partial charge in [0, 0.05) is 32.2 Å². The number of nitrogens with zero attached hydrogens (tertiary/aromatic N) is 2. The fourth-order valence-electron chi connectivity index (χ4n) is 3.20. The lowest BCUT2D eigenvalue weighted by molar-refractivity contribution is -0.136. The molecule has 0 radical (unpaired) electrons. The van der Waals surface area contributed by atoms with Gasteiger partial charge in [-0.2, -0.15) is 0 Å². The molecule has 1 aliphatic rings. The zero-order chi connectivity index (χ0) is 17.8. The molecule has 1 unspecified atom stereocenters. The number of likely N-dealkylation sites (tertiary alicyclic amines) is 1. The van der Waals surface area contributed by atoms with E-state index in [9.17, 15) is 14.0 Å². The minimum atomic E-state index is -0.317. The van der Waals surface area contributed by atoms with Crippen LogP contribution in [-0.2, 0) is 11.3 Å². The quantitative estimate of drug-likeness (QED) is 0.857. The van der Waals surface area contributed by atoms with E-state index in [1.165, 1.54) is 23.5 Å². The van der Waals surface area contributed by atoms with Gasteiger partial charge in [0.1, 0.15) is 12.1 Å². The van der Waals surface area contributed by atoms with Crippen LogP contribution < -0.4 is 0 Å². The van der Waals surface area contributed by atoms with E-state index in [0.717, 1.165) is 12.8 Å².